The van der Waals surface area contributed by atoms with Crippen LogP contribution < -0.4 is 0 Å². The van der Waals surface area contributed by atoms with E-state index in [1.165, 1.54) is 10.4 Å². The van der Waals surface area contributed by atoms with Gasteiger partial charge in [-0.25, -0.2) is 9.97 Å². The van der Waals surface area contributed by atoms with Gasteiger partial charge >= 0.3 is 0 Å². The van der Waals surface area contributed by atoms with E-state index in [9.17, 15) is 0 Å². The van der Waals surface area contributed by atoms with Gasteiger partial charge < -0.3 is 4.74 Å². The lowest BCUT2D eigenvalue weighted by Crippen LogP contribution is -2.12. The number of halogens is 1. The summed E-state index contributed by atoms with van der Waals surface area (Å²) in [5.74, 6) is 0.983. The second-order valence-corrected chi connectivity index (χ2v) is 6.30. The highest BCUT2D eigenvalue weighted by molar-refractivity contribution is 7.18. The third-order valence-corrected chi connectivity index (χ3v) is 4.49. The number of aromatic nitrogens is 2. The normalized spacial score (nSPS) is 13.5. The van der Waals surface area contributed by atoms with Crippen LogP contribution in [0, 0.1) is 19.8 Å². The number of nitrogens with zero attached hydrogens (tertiary/aromatic N) is 2. The first-order chi connectivity index (χ1) is 8.45. The van der Waals surface area contributed by atoms with E-state index in [1.54, 1.807) is 18.4 Å². The lowest BCUT2D eigenvalue weighted by atomic mass is 10.1. The second kappa shape index (κ2) is 5.11. The van der Waals surface area contributed by atoms with Crippen molar-refractivity contribution >= 4 is 33.2 Å². The predicted octanol–water partition coefficient (Wildman–Crippen LogP) is 4.31. The van der Waals surface area contributed by atoms with Crippen molar-refractivity contribution in [3.05, 3.63) is 21.4 Å². The maximum absolute atomic E-state index is 6.29. The molecule has 0 aromatic carbocycles. The van der Waals surface area contributed by atoms with Gasteiger partial charge in [0.05, 0.1) is 5.39 Å². The van der Waals surface area contributed by atoms with E-state index in [1.807, 2.05) is 0 Å². The molecule has 5 heteroatoms. The van der Waals surface area contributed by atoms with Gasteiger partial charge in [-0.3, -0.25) is 0 Å². The summed E-state index contributed by atoms with van der Waals surface area (Å²) < 4.78 is 5.46. The Morgan fingerprint density at radius 1 is 1.22 bits per heavy atom. The van der Waals surface area contributed by atoms with E-state index in [-0.39, 0.29) is 6.10 Å². The van der Waals surface area contributed by atoms with Crippen molar-refractivity contribution in [1.82, 2.24) is 9.97 Å². The highest BCUT2D eigenvalue weighted by Crippen LogP contribution is 2.34. The Morgan fingerprint density at radius 2 is 1.89 bits per heavy atom. The summed E-state index contributed by atoms with van der Waals surface area (Å²) in [6, 6.07) is 0. The third-order valence-electron chi connectivity index (χ3n) is 3.12. The van der Waals surface area contributed by atoms with Crippen molar-refractivity contribution in [3.63, 3.8) is 0 Å². The maximum atomic E-state index is 6.29. The minimum absolute atomic E-state index is 0.116. The third kappa shape index (κ3) is 2.25. The average Bonchev–Trinajstić information content (AvgIpc) is 2.55. The van der Waals surface area contributed by atoms with Crippen molar-refractivity contribution in [2.45, 2.75) is 33.8 Å². The van der Waals surface area contributed by atoms with Crippen molar-refractivity contribution in [2.75, 3.05) is 7.11 Å². The van der Waals surface area contributed by atoms with Gasteiger partial charge in [-0.15, -0.1) is 11.3 Å². The van der Waals surface area contributed by atoms with Gasteiger partial charge in [0.2, 0.25) is 0 Å². The monoisotopic (exact) mass is 284 g/mol. The number of thiophene rings is 1. The SMILES string of the molecule is COC(c1nc(Cl)c2c(C)c(C)sc2n1)C(C)C. The highest BCUT2D eigenvalue weighted by atomic mass is 35.5. The number of fused-ring (bicyclic) bond motifs is 1. The summed E-state index contributed by atoms with van der Waals surface area (Å²) >= 11 is 7.94. The molecule has 0 aliphatic heterocycles. The molecule has 0 saturated carbocycles. The van der Waals surface area contributed by atoms with Crippen LogP contribution in [0.3, 0.4) is 0 Å². The van der Waals surface area contributed by atoms with Crippen LogP contribution in [0.25, 0.3) is 10.2 Å². The second-order valence-electron chi connectivity index (χ2n) is 4.74. The quantitative estimate of drug-likeness (QED) is 0.788. The molecular weight excluding hydrogens is 268 g/mol. The predicted molar refractivity (Wildman–Crippen MR) is 76.5 cm³/mol. The summed E-state index contributed by atoms with van der Waals surface area (Å²) in [6.07, 6.45) is -0.116. The van der Waals surface area contributed by atoms with Crippen molar-refractivity contribution in [2.24, 2.45) is 5.92 Å². The van der Waals surface area contributed by atoms with Crippen LogP contribution >= 0.6 is 22.9 Å². The Bertz CT molecular complexity index is 580. The summed E-state index contributed by atoms with van der Waals surface area (Å²) in [6.45, 7) is 8.30. The molecule has 98 valence electrons. The van der Waals surface area contributed by atoms with Gasteiger partial charge in [-0.2, -0.15) is 0 Å². The van der Waals surface area contributed by atoms with Gasteiger partial charge in [0.1, 0.15) is 16.1 Å². The Hall–Kier alpha value is -0.710. The fourth-order valence-electron chi connectivity index (χ4n) is 2.02. The minimum atomic E-state index is -0.116. The van der Waals surface area contributed by atoms with Crippen LogP contribution in [0.15, 0.2) is 0 Å². The molecule has 18 heavy (non-hydrogen) atoms. The molecule has 0 amide bonds. The number of aryl methyl sites for hydroxylation is 2. The zero-order valence-electron chi connectivity index (χ0n) is 11.2. The molecule has 2 aromatic heterocycles. The van der Waals surface area contributed by atoms with Crippen LogP contribution in [0.5, 0.6) is 0 Å². The van der Waals surface area contributed by atoms with Gasteiger partial charge in [0.25, 0.3) is 0 Å². The Labute approximate surface area is 116 Å². The first-order valence-electron chi connectivity index (χ1n) is 5.91. The Balaban J connectivity index is 2.62. The van der Waals surface area contributed by atoms with Crippen LogP contribution in [0.4, 0.5) is 0 Å². The van der Waals surface area contributed by atoms with Crippen LogP contribution in [-0.2, 0) is 4.74 Å². The first kappa shape index (κ1) is 13.7. The summed E-state index contributed by atoms with van der Waals surface area (Å²) in [7, 11) is 1.68. The van der Waals surface area contributed by atoms with E-state index in [2.05, 4.69) is 37.7 Å². The summed E-state index contributed by atoms with van der Waals surface area (Å²) in [4.78, 5) is 11.2. The van der Waals surface area contributed by atoms with Crippen molar-refractivity contribution in [1.29, 1.82) is 0 Å². The number of methoxy groups -OCH3 is 1. The smallest absolute Gasteiger partial charge is 0.160 e. The van der Waals surface area contributed by atoms with Crippen molar-refractivity contribution < 1.29 is 4.74 Å². The van der Waals surface area contributed by atoms with Gasteiger partial charge in [-0.1, -0.05) is 25.4 Å². The molecule has 0 saturated heterocycles. The minimum Gasteiger partial charge on any atom is -0.373 e. The lowest BCUT2D eigenvalue weighted by molar-refractivity contribution is 0.0578. The molecule has 1 atom stereocenters. The maximum Gasteiger partial charge on any atom is 0.160 e. The van der Waals surface area contributed by atoms with E-state index in [4.69, 9.17) is 16.3 Å². The van der Waals surface area contributed by atoms with E-state index < -0.39 is 0 Å². The van der Waals surface area contributed by atoms with Crippen LogP contribution in [0.2, 0.25) is 5.15 Å². The van der Waals surface area contributed by atoms with Gasteiger partial charge in [0.15, 0.2) is 5.82 Å². The number of ether oxygens (including phenoxy) is 1. The molecule has 0 radical (unpaired) electrons. The first-order valence-corrected chi connectivity index (χ1v) is 7.11. The Kier molecular flexibility index (Phi) is 3.90. The Morgan fingerprint density at radius 3 is 2.44 bits per heavy atom. The molecule has 3 nitrogen and oxygen atoms in total. The molecule has 0 aliphatic rings. The topological polar surface area (TPSA) is 35.0 Å². The zero-order chi connectivity index (χ0) is 13.4. The number of rotatable bonds is 3. The van der Waals surface area contributed by atoms with Gasteiger partial charge in [-0.05, 0) is 25.3 Å². The summed E-state index contributed by atoms with van der Waals surface area (Å²) in [5, 5.41) is 1.50. The zero-order valence-corrected chi connectivity index (χ0v) is 12.8. The molecule has 0 fully saturated rings. The van der Waals surface area contributed by atoms with E-state index >= 15 is 0 Å². The molecule has 2 aromatic rings. The largest absolute Gasteiger partial charge is 0.373 e. The molecule has 0 spiro atoms. The molecule has 1 unspecified atom stereocenters. The van der Waals surface area contributed by atoms with E-state index in [0.717, 1.165) is 10.2 Å². The molecule has 0 N–H and O–H groups in total. The molecule has 0 bridgehead atoms. The summed E-state index contributed by atoms with van der Waals surface area (Å²) in [5.41, 5.74) is 1.17. The molecule has 0 aliphatic carbocycles. The van der Waals surface area contributed by atoms with Crippen LogP contribution in [0.1, 0.15) is 36.2 Å². The van der Waals surface area contributed by atoms with Crippen molar-refractivity contribution in [3.8, 4) is 0 Å². The van der Waals surface area contributed by atoms with E-state index in [0.29, 0.717) is 16.9 Å². The molecule has 2 rings (SSSR count). The highest BCUT2D eigenvalue weighted by Gasteiger charge is 2.21. The average molecular weight is 285 g/mol. The number of hydrogen-bond donors (Lipinski definition) is 0. The van der Waals surface area contributed by atoms with Gasteiger partial charge in [0, 0.05) is 12.0 Å². The fourth-order valence-corrected chi connectivity index (χ4v) is 3.43. The molecular formula is C13H17ClN2OS. The lowest BCUT2D eigenvalue weighted by Gasteiger charge is -2.17. The van der Waals surface area contributed by atoms with Crippen LogP contribution in [-0.4, -0.2) is 17.1 Å². The standard InChI is InChI=1S/C13H17ClN2OS/c1-6(2)10(17-5)12-15-11(14)9-7(3)8(4)18-13(9)16-12/h6,10H,1-5H3. The molecule has 2 heterocycles. The number of hydrogen-bond acceptors (Lipinski definition) is 4. The fraction of sp³-hybridized carbons (Fsp3) is 0.538.